The van der Waals surface area contributed by atoms with Crippen LogP contribution < -0.4 is 4.72 Å². The lowest BCUT2D eigenvalue weighted by molar-refractivity contribution is -0.162. The third kappa shape index (κ3) is 7.35. The number of amides is 1. The molecule has 1 aromatic rings. The quantitative estimate of drug-likeness (QED) is 0.649. The Balaban J connectivity index is 1.57. The topological polar surface area (TPSA) is 84.9 Å². The molecule has 1 aromatic carbocycles. The highest BCUT2D eigenvalue weighted by atomic mass is 32.2. The maximum atomic E-state index is 12.4. The molecule has 2 unspecified atom stereocenters. The minimum Gasteiger partial charge on any atom is -0.440 e. The fourth-order valence-electron chi connectivity index (χ4n) is 4.45. The van der Waals surface area contributed by atoms with Gasteiger partial charge in [0, 0.05) is 12.6 Å². The van der Waals surface area contributed by atoms with E-state index in [1.165, 1.54) is 5.56 Å². The molecule has 180 valence electrons. The molecular formula is C21H29F3N2O5S. The Bertz CT molecular complexity index is 858. The summed E-state index contributed by atoms with van der Waals surface area (Å²) in [4.78, 5) is 13.4. The minimum absolute atomic E-state index is 0.0228. The van der Waals surface area contributed by atoms with E-state index in [2.05, 4.69) is 21.6 Å². The number of nitrogens with zero attached hydrogens (tertiary/aromatic N) is 1. The molecule has 7 nitrogen and oxygen atoms in total. The van der Waals surface area contributed by atoms with Gasteiger partial charge in [0.15, 0.2) is 6.61 Å². The molecule has 0 aromatic heterocycles. The van der Waals surface area contributed by atoms with Crippen LogP contribution in [0.3, 0.4) is 0 Å². The number of nitrogens with one attached hydrogen (secondary N) is 1. The zero-order valence-corrected chi connectivity index (χ0v) is 18.7. The zero-order chi connectivity index (χ0) is 23.4. The number of benzene rings is 1. The first-order valence-corrected chi connectivity index (χ1v) is 12.5. The molecule has 1 N–H and O–H groups in total. The number of rotatable bonds is 7. The first-order valence-electron chi connectivity index (χ1n) is 10.7. The van der Waals surface area contributed by atoms with Gasteiger partial charge in [-0.05, 0) is 43.6 Å². The second-order valence-corrected chi connectivity index (χ2v) is 10.2. The van der Waals surface area contributed by atoms with Crippen molar-refractivity contribution >= 4 is 16.1 Å². The molecule has 2 aliphatic rings. The van der Waals surface area contributed by atoms with Crippen LogP contribution in [0.2, 0.25) is 0 Å². The van der Waals surface area contributed by atoms with E-state index in [9.17, 15) is 26.4 Å². The summed E-state index contributed by atoms with van der Waals surface area (Å²) in [6, 6.07) is 8.83. The molecule has 0 bridgehead atoms. The van der Waals surface area contributed by atoms with Crippen molar-refractivity contribution in [2.75, 3.05) is 26.0 Å². The van der Waals surface area contributed by atoms with E-state index in [-0.39, 0.29) is 25.7 Å². The van der Waals surface area contributed by atoms with E-state index in [1.807, 2.05) is 18.2 Å². The lowest BCUT2D eigenvalue weighted by Crippen LogP contribution is -2.50. The number of hydrogen-bond acceptors (Lipinski definition) is 5. The van der Waals surface area contributed by atoms with Crippen molar-refractivity contribution in [2.24, 2.45) is 0 Å². The first-order chi connectivity index (χ1) is 15.0. The first kappa shape index (κ1) is 24.8. The van der Waals surface area contributed by atoms with Crippen LogP contribution in [0.4, 0.5) is 18.0 Å². The van der Waals surface area contributed by atoms with Crippen LogP contribution in [0.5, 0.6) is 0 Å². The van der Waals surface area contributed by atoms with Gasteiger partial charge in [0.25, 0.3) is 0 Å². The molecule has 2 atom stereocenters. The Morgan fingerprint density at radius 2 is 1.78 bits per heavy atom. The van der Waals surface area contributed by atoms with E-state index in [0.717, 1.165) is 36.8 Å². The molecule has 0 spiro atoms. The fraction of sp³-hybridized carbons (Fsp3) is 0.667. The van der Waals surface area contributed by atoms with Crippen molar-refractivity contribution < 1.29 is 35.9 Å². The Labute approximate surface area is 186 Å². The van der Waals surface area contributed by atoms with Gasteiger partial charge in [0.1, 0.15) is 0 Å². The number of halogens is 3. The molecule has 1 heterocycles. The second-order valence-electron chi connectivity index (χ2n) is 8.43. The van der Waals surface area contributed by atoms with Gasteiger partial charge in [-0.3, -0.25) is 0 Å². The van der Waals surface area contributed by atoms with Gasteiger partial charge in [-0.15, -0.1) is 0 Å². The normalized spacial score (nSPS) is 26.8. The van der Waals surface area contributed by atoms with Gasteiger partial charge in [-0.25, -0.2) is 17.9 Å². The lowest BCUT2D eigenvalue weighted by atomic mass is 9.83. The summed E-state index contributed by atoms with van der Waals surface area (Å²) in [5.41, 5.74) is 1.29. The van der Waals surface area contributed by atoms with Gasteiger partial charge >= 0.3 is 12.3 Å². The summed E-state index contributed by atoms with van der Waals surface area (Å²) in [6.45, 7) is -1.59. The van der Waals surface area contributed by atoms with E-state index in [0.29, 0.717) is 5.92 Å². The van der Waals surface area contributed by atoms with E-state index in [1.54, 1.807) is 0 Å². The Morgan fingerprint density at radius 1 is 1.12 bits per heavy atom. The predicted molar refractivity (Wildman–Crippen MR) is 112 cm³/mol. The lowest BCUT2D eigenvalue weighted by Gasteiger charge is -2.32. The van der Waals surface area contributed by atoms with Crippen molar-refractivity contribution in [3.63, 3.8) is 0 Å². The van der Waals surface area contributed by atoms with Crippen molar-refractivity contribution in [3.05, 3.63) is 35.9 Å². The van der Waals surface area contributed by atoms with E-state index < -0.39 is 41.0 Å². The molecule has 0 radical (unpaired) electrons. The van der Waals surface area contributed by atoms with Gasteiger partial charge in [0.05, 0.1) is 25.0 Å². The predicted octanol–water partition coefficient (Wildman–Crippen LogP) is 3.42. The summed E-state index contributed by atoms with van der Waals surface area (Å²) in [5.74, 6) is 0.455. The largest absolute Gasteiger partial charge is 0.440 e. The molecule has 1 aliphatic carbocycles. The number of alkyl halides is 3. The van der Waals surface area contributed by atoms with Gasteiger partial charge in [-0.2, -0.15) is 13.2 Å². The second kappa shape index (κ2) is 10.4. The number of carbonyl (C=O) groups excluding carboxylic acids is 1. The summed E-state index contributed by atoms with van der Waals surface area (Å²) in [7, 11) is -3.57. The summed E-state index contributed by atoms with van der Waals surface area (Å²) < 4.78 is 73.6. The molecule has 11 heteroatoms. The Morgan fingerprint density at radius 3 is 2.38 bits per heavy atom. The van der Waals surface area contributed by atoms with Gasteiger partial charge < -0.3 is 14.4 Å². The van der Waals surface area contributed by atoms with Crippen LogP contribution in [0.1, 0.15) is 43.6 Å². The molecule has 2 fully saturated rings. The summed E-state index contributed by atoms with van der Waals surface area (Å²) in [5, 5.41) is 0. The number of sulfonamides is 1. The molecular weight excluding hydrogens is 449 g/mol. The van der Waals surface area contributed by atoms with Crippen LogP contribution >= 0.6 is 0 Å². The van der Waals surface area contributed by atoms with Gasteiger partial charge in [-0.1, -0.05) is 30.3 Å². The third-order valence-electron chi connectivity index (χ3n) is 5.95. The third-order valence-corrected chi connectivity index (χ3v) is 6.68. The van der Waals surface area contributed by atoms with Crippen molar-refractivity contribution in [3.8, 4) is 0 Å². The molecule has 32 heavy (non-hydrogen) atoms. The highest BCUT2D eigenvalue weighted by Gasteiger charge is 2.41. The van der Waals surface area contributed by atoms with Crippen molar-refractivity contribution in [2.45, 2.75) is 62.4 Å². The molecule has 1 saturated heterocycles. The van der Waals surface area contributed by atoms with Crippen LogP contribution in [0.15, 0.2) is 30.3 Å². The highest BCUT2D eigenvalue weighted by Crippen LogP contribution is 2.34. The molecule has 1 amide bonds. The van der Waals surface area contributed by atoms with Crippen LogP contribution in [0.25, 0.3) is 0 Å². The van der Waals surface area contributed by atoms with Crippen molar-refractivity contribution in [1.82, 2.24) is 9.62 Å². The smallest absolute Gasteiger partial charge is 0.422 e. The molecule has 1 aliphatic heterocycles. The minimum atomic E-state index is -4.64. The Kier molecular flexibility index (Phi) is 8.05. The average molecular weight is 479 g/mol. The number of ether oxygens (including phenoxy) is 2. The van der Waals surface area contributed by atoms with Crippen molar-refractivity contribution in [1.29, 1.82) is 0 Å². The molecule has 3 rings (SSSR count). The summed E-state index contributed by atoms with van der Waals surface area (Å²) >= 11 is 0. The summed E-state index contributed by atoms with van der Waals surface area (Å²) in [6.07, 6.45) is -1.02. The van der Waals surface area contributed by atoms with E-state index in [4.69, 9.17) is 4.74 Å². The van der Waals surface area contributed by atoms with E-state index >= 15 is 0 Å². The zero-order valence-electron chi connectivity index (χ0n) is 17.9. The number of likely N-dealkylation sites (tertiary alicyclic amines) is 1. The monoisotopic (exact) mass is 478 g/mol. The van der Waals surface area contributed by atoms with Crippen LogP contribution in [0, 0.1) is 0 Å². The molecule has 1 saturated carbocycles. The maximum absolute atomic E-state index is 12.4. The number of carbonyl (C=O) groups is 1. The van der Waals surface area contributed by atoms with Gasteiger partial charge in [0.2, 0.25) is 10.0 Å². The fourth-order valence-corrected chi connectivity index (χ4v) is 5.27. The van der Waals surface area contributed by atoms with Crippen LogP contribution in [-0.4, -0.2) is 69.8 Å². The SMILES string of the molecule is CS(=O)(=O)NC1CCN(C(=O)OCC(F)(F)F)C1COC1CCC(c2ccccc2)CC1. The average Bonchev–Trinajstić information content (AvgIpc) is 3.11. The number of hydrogen-bond donors (Lipinski definition) is 1. The van der Waals surface area contributed by atoms with Crippen LogP contribution in [-0.2, 0) is 19.5 Å². The Hall–Kier alpha value is -1.85. The maximum Gasteiger partial charge on any atom is 0.422 e. The standard InChI is InChI=1S/C21H29F3N2O5S/c1-32(28,29)25-18-11-12-26(20(27)31-14-21(22,23)24)19(18)13-30-17-9-7-16(8-10-17)15-5-3-2-4-6-15/h2-6,16-19,25H,7-14H2,1H3. The highest BCUT2D eigenvalue weighted by molar-refractivity contribution is 7.88.